The highest BCUT2D eigenvalue weighted by molar-refractivity contribution is 5.85. The molecule has 0 amide bonds. The molecular formula is C11H12N2O. The van der Waals surface area contributed by atoms with E-state index >= 15 is 0 Å². The molecule has 0 atom stereocenters. The van der Waals surface area contributed by atoms with Crippen LogP contribution in [0.4, 0.5) is 0 Å². The highest BCUT2D eigenvalue weighted by Gasteiger charge is 2.08. The Hall–Kier alpha value is -1.64. The predicted octanol–water partition coefficient (Wildman–Crippen LogP) is 2.20. The first-order chi connectivity index (χ1) is 6.86. The highest BCUT2D eigenvalue weighted by atomic mass is 16.5. The molecular weight excluding hydrogens is 176 g/mol. The molecule has 0 saturated carbocycles. The van der Waals surface area contributed by atoms with Gasteiger partial charge in [-0.2, -0.15) is 5.10 Å². The van der Waals surface area contributed by atoms with Crippen molar-refractivity contribution in [1.29, 1.82) is 0 Å². The molecule has 0 aliphatic rings. The van der Waals surface area contributed by atoms with Crippen LogP contribution in [0.1, 0.15) is 12.6 Å². The van der Waals surface area contributed by atoms with Crippen molar-refractivity contribution in [3.63, 3.8) is 0 Å². The second kappa shape index (κ2) is 3.62. The van der Waals surface area contributed by atoms with Crippen molar-refractivity contribution in [3.8, 4) is 5.75 Å². The summed E-state index contributed by atoms with van der Waals surface area (Å²) in [5.41, 5.74) is 1.78. The molecule has 1 heterocycles. The SMILES string of the molecule is CCc1nnc2ccccc2c1OC. The van der Waals surface area contributed by atoms with E-state index in [2.05, 4.69) is 10.2 Å². The van der Waals surface area contributed by atoms with E-state index in [-0.39, 0.29) is 0 Å². The van der Waals surface area contributed by atoms with Gasteiger partial charge in [0.25, 0.3) is 0 Å². The number of methoxy groups -OCH3 is 1. The number of nitrogens with zero attached hydrogens (tertiary/aromatic N) is 2. The van der Waals surface area contributed by atoms with Crippen LogP contribution in [0, 0.1) is 0 Å². The molecule has 2 rings (SSSR count). The lowest BCUT2D eigenvalue weighted by atomic mass is 10.1. The van der Waals surface area contributed by atoms with Gasteiger partial charge in [0.05, 0.1) is 12.6 Å². The van der Waals surface area contributed by atoms with E-state index in [4.69, 9.17) is 4.74 Å². The molecule has 0 aliphatic heterocycles. The molecule has 0 N–H and O–H groups in total. The van der Waals surface area contributed by atoms with E-state index in [1.807, 2.05) is 31.2 Å². The van der Waals surface area contributed by atoms with E-state index in [0.717, 1.165) is 28.8 Å². The molecule has 0 radical (unpaired) electrons. The molecule has 0 spiro atoms. The van der Waals surface area contributed by atoms with Gasteiger partial charge < -0.3 is 4.74 Å². The van der Waals surface area contributed by atoms with Crippen LogP contribution < -0.4 is 4.74 Å². The molecule has 0 saturated heterocycles. The summed E-state index contributed by atoms with van der Waals surface area (Å²) in [6.07, 6.45) is 0.834. The smallest absolute Gasteiger partial charge is 0.151 e. The minimum absolute atomic E-state index is 0.834. The maximum atomic E-state index is 5.35. The zero-order valence-electron chi connectivity index (χ0n) is 8.32. The lowest BCUT2D eigenvalue weighted by molar-refractivity contribution is 0.411. The van der Waals surface area contributed by atoms with Gasteiger partial charge in [0, 0.05) is 5.39 Å². The number of benzene rings is 1. The molecule has 0 aliphatic carbocycles. The lowest BCUT2D eigenvalue weighted by Crippen LogP contribution is -1.97. The third-order valence-corrected chi connectivity index (χ3v) is 2.23. The number of fused-ring (bicyclic) bond motifs is 1. The van der Waals surface area contributed by atoms with Crippen molar-refractivity contribution in [2.24, 2.45) is 0 Å². The molecule has 72 valence electrons. The first-order valence-corrected chi connectivity index (χ1v) is 4.65. The van der Waals surface area contributed by atoms with Crippen LogP contribution in [-0.4, -0.2) is 17.3 Å². The Labute approximate surface area is 82.7 Å². The normalized spacial score (nSPS) is 10.4. The van der Waals surface area contributed by atoms with Crippen molar-refractivity contribution in [2.75, 3.05) is 7.11 Å². The molecule has 0 bridgehead atoms. The average Bonchev–Trinajstić information content (AvgIpc) is 2.27. The second-order valence-corrected chi connectivity index (χ2v) is 3.05. The van der Waals surface area contributed by atoms with Crippen LogP contribution in [0.3, 0.4) is 0 Å². The summed E-state index contributed by atoms with van der Waals surface area (Å²) >= 11 is 0. The van der Waals surface area contributed by atoms with Crippen molar-refractivity contribution in [1.82, 2.24) is 10.2 Å². The van der Waals surface area contributed by atoms with E-state index in [0.29, 0.717) is 0 Å². The minimum atomic E-state index is 0.834. The molecule has 1 aromatic heterocycles. The Balaban J connectivity index is 2.77. The molecule has 3 nitrogen and oxygen atoms in total. The fraction of sp³-hybridized carbons (Fsp3) is 0.273. The van der Waals surface area contributed by atoms with Gasteiger partial charge in [0.15, 0.2) is 5.75 Å². The first kappa shape index (κ1) is 8.94. The van der Waals surface area contributed by atoms with Gasteiger partial charge in [-0.1, -0.05) is 19.1 Å². The number of ether oxygens (including phenoxy) is 1. The highest BCUT2D eigenvalue weighted by Crippen LogP contribution is 2.26. The summed E-state index contributed by atoms with van der Waals surface area (Å²) < 4.78 is 5.35. The summed E-state index contributed by atoms with van der Waals surface area (Å²) in [6, 6.07) is 7.86. The molecule has 3 heteroatoms. The second-order valence-electron chi connectivity index (χ2n) is 3.05. The third kappa shape index (κ3) is 1.31. The minimum Gasteiger partial charge on any atom is -0.494 e. The van der Waals surface area contributed by atoms with Gasteiger partial charge in [-0.05, 0) is 18.6 Å². The zero-order valence-corrected chi connectivity index (χ0v) is 8.32. The van der Waals surface area contributed by atoms with Crippen LogP contribution in [0.25, 0.3) is 10.9 Å². The first-order valence-electron chi connectivity index (χ1n) is 4.65. The number of aromatic nitrogens is 2. The van der Waals surface area contributed by atoms with Crippen LogP contribution in [-0.2, 0) is 6.42 Å². The van der Waals surface area contributed by atoms with Crippen LogP contribution in [0.5, 0.6) is 5.75 Å². The number of rotatable bonds is 2. The molecule has 14 heavy (non-hydrogen) atoms. The Morgan fingerprint density at radius 2 is 2.00 bits per heavy atom. The predicted molar refractivity (Wildman–Crippen MR) is 55.5 cm³/mol. The standard InChI is InChI=1S/C11H12N2O/c1-3-9-11(14-2)8-6-4-5-7-10(8)13-12-9/h4-7H,3H2,1-2H3. The maximum absolute atomic E-state index is 5.35. The van der Waals surface area contributed by atoms with Gasteiger partial charge in [0.1, 0.15) is 5.69 Å². The van der Waals surface area contributed by atoms with Crippen molar-refractivity contribution < 1.29 is 4.74 Å². The maximum Gasteiger partial charge on any atom is 0.151 e. The Bertz CT molecular complexity index is 454. The van der Waals surface area contributed by atoms with Crippen LogP contribution in [0.2, 0.25) is 0 Å². The zero-order chi connectivity index (χ0) is 9.97. The Kier molecular flexibility index (Phi) is 2.31. The van der Waals surface area contributed by atoms with E-state index in [1.165, 1.54) is 0 Å². The quantitative estimate of drug-likeness (QED) is 0.724. The van der Waals surface area contributed by atoms with Crippen LogP contribution in [0.15, 0.2) is 24.3 Å². The Morgan fingerprint density at radius 1 is 1.21 bits per heavy atom. The lowest BCUT2D eigenvalue weighted by Gasteiger charge is -2.07. The van der Waals surface area contributed by atoms with Crippen molar-refractivity contribution in [2.45, 2.75) is 13.3 Å². The summed E-state index contributed by atoms with van der Waals surface area (Å²) in [7, 11) is 1.67. The molecule has 0 unspecified atom stereocenters. The molecule has 2 aromatic rings. The largest absolute Gasteiger partial charge is 0.494 e. The average molecular weight is 188 g/mol. The molecule has 1 aromatic carbocycles. The topological polar surface area (TPSA) is 35.0 Å². The van der Waals surface area contributed by atoms with Crippen molar-refractivity contribution in [3.05, 3.63) is 30.0 Å². The van der Waals surface area contributed by atoms with Gasteiger partial charge in [-0.3, -0.25) is 0 Å². The van der Waals surface area contributed by atoms with Gasteiger partial charge in [-0.25, -0.2) is 0 Å². The summed E-state index contributed by atoms with van der Waals surface area (Å²) in [5, 5.41) is 9.28. The number of aryl methyl sites for hydroxylation is 1. The summed E-state index contributed by atoms with van der Waals surface area (Å²) in [5.74, 6) is 0.845. The molecule has 0 fully saturated rings. The summed E-state index contributed by atoms with van der Waals surface area (Å²) in [6.45, 7) is 2.04. The van der Waals surface area contributed by atoms with E-state index in [1.54, 1.807) is 7.11 Å². The monoisotopic (exact) mass is 188 g/mol. The number of hydrogen-bond acceptors (Lipinski definition) is 3. The number of hydrogen-bond donors (Lipinski definition) is 0. The van der Waals surface area contributed by atoms with Gasteiger partial charge in [0.2, 0.25) is 0 Å². The van der Waals surface area contributed by atoms with E-state index in [9.17, 15) is 0 Å². The van der Waals surface area contributed by atoms with E-state index < -0.39 is 0 Å². The fourth-order valence-corrected chi connectivity index (χ4v) is 1.53. The van der Waals surface area contributed by atoms with Gasteiger partial charge >= 0.3 is 0 Å². The fourth-order valence-electron chi connectivity index (χ4n) is 1.53. The third-order valence-electron chi connectivity index (χ3n) is 2.23. The van der Waals surface area contributed by atoms with Gasteiger partial charge in [-0.15, -0.1) is 5.10 Å². The van der Waals surface area contributed by atoms with Crippen LogP contribution >= 0.6 is 0 Å². The Morgan fingerprint density at radius 3 is 2.71 bits per heavy atom. The summed E-state index contributed by atoms with van der Waals surface area (Å²) in [4.78, 5) is 0. The van der Waals surface area contributed by atoms with Crippen molar-refractivity contribution >= 4 is 10.9 Å².